The molecule has 1 aromatic heterocycles. The first-order chi connectivity index (χ1) is 11.4. The molecular formula is C16H21N3O4S. The molecule has 8 heteroatoms. The Kier molecular flexibility index (Phi) is 5.61. The van der Waals surface area contributed by atoms with Gasteiger partial charge in [0.1, 0.15) is 0 Å². The molecule has 0 fully saturated rings. The number of rotatable bonds is 7. The maximum atomic E-state index is 12.4. The second kappa shape index (κ2) is 7.48. The molecule has 1 atom stereocenters. The maximum Gasteiger partial charge on any atom is 0.337 e. The van der Waals surface area contributed by atoms with Gasteiger partial charge in [-0.1, -0.05) is 20.3 Å². The number of H-pyrrole nitrogens is 1. The Labute approximate surface area is 141 Å². The molecule has 2 rings (SSSR count). The van der Waals surface area contributed by atoms with Crippen LogP contribution >= 0.6 is 0 Å². The van der Waals surface area contributed by atoms with Crippen LogP contribution in [0.5, 0.6) is 0 Å². The lowest BCUT2D eigenvalue weighted by Gasteiger charge is -2.07. The number of nitrogens with zero attached hydrogens (tertiary/aromatic N) is 1. The first-order valence-corrected chi connectivity index (χ1v) is 9.12. The molecule has 1 heterocycles. The minimum Gasteiger partial charge on any atom is -0.465 e. The highest BCUT2D eigenvalue weighted by Crippen LogP contribution is 2.22. The number of hydrogen-bond acceptors (Lipinski definition) is 5. The van der Waals surface area contributed by atoms with E-state index in [2.05, 4.69) is 33.5 Å². The van der Waals surface area contributed by atoms with E-state index < -0.39 is 16.0 Å². The number of benzene rings is 1. The van der Waals surface area contributed by atoms with Gasteiger partial charge in [0.25, 0.3) is 10.0 Å². The molecule has 0 spiro atoms. The van der Waals surface area contributed by atoms with E-state index in [0.717, 1.165) is 18.5 Å². The third-order valence-electron chi connectivity index (χ3n) is 3.67. The van der Waals surface area contributed by atoms with Crippen molar-refractivity contribution in [3.05, 3.63) is 41.6 Å². The van der Waals surface area contributed by atoms with Gasteiger partial charge in [-0.25, -0.2) is 13.2 Å². The highest BCUT2D eigenvalue weighted by molar-refractivity contribution is 7.92. The smallest absolute Gasteiger partial charge is 0.337 e. The molecule has 1 aromatic carbocycles. The monoisotopic (exact) mass is 351 g/mol. The van der Waals surface area contributed by atoms with Crippen molar-refractivity contribution in [3.8, 4) is 0 Å². The van der Waals surface area contributed by atoms with E-state index in [1.54, 1.807) is 6.07 Å². The summed E-state index contributed by atoms with van der Waals surface area (Å²) in [6, 6.07) is 7.20. The van der Waals surface area contributed by atoms with Crippen LogP contribution in [0.15, 0.2) is 35.2 Å². The van der Waals surface area contributed by atoms with Gasteiger partial charge >= 0.3 is 5.97 Å². The Bertz CT molecular complexity index is 797. The zero-order chi connectivity index (χ0) is 17.7. The summed E-state index contributed by atoms with van der Waals surface area (Å²) in [6.07, 6.45) is 2.02. The summed E-state index contributed by atoms with van der Waals surface area (Å²) in [6.45, 7) is 4.15. The van der Waals surface area contributed by atoms with Gasteiger partial charge in [0.15, 0.2) is 5.82 Å². The number of ether oxygens (including phenoxy) is 1. The van der Waals surface area contributed by atoms with Crippen LogP contribution in [0.4, 0.5) is 5.82 Å². The Morgan fingerprint density at radius 3 is 2.58 bits per heavy atom. The molecule has 2 N–H and O–H groups in total. The standard InChI is InChI=1S/C16H21N3O4S/c1-4-5-11(2)14-10-15(18-17-14)19-24(21,22)13-8-6-12(7-9-13)16(20)23-3/h6-11H,4-5H2,1-3H3,(H2,17,18,19). The van der Waals surface area contributed by atoms with Crippen LogP contribution in [0.1, 0.15) is 48.7 Å². The zero-order valence-corrected chi connectivity index (χ0v) is 14.7. The number of aromatic amines is 1. The highest BCUT2D eigenvalue weighted by atomic mass is 32.2. The van der Waals surface area contributed by atoms with Crippen LogP contribution in [0.2, 0.25) is 0 Å². The van der Waals surface area contributed by atoms with Gasteiger partial charge in [-0.15, -0.1) is 0 Å². The number of carbonyl (C=O) groups is 1. The van der Waals surface area contributed by atoms with Crippen molar-refractivity contribution in [3.63, 3.8) is 0 Å². The molecule has 0 saturated carbocycles. The molecule has 0 aliphatic rings. The van der Waals surface area contributed by atoms with Gasteiger partial charge < -0.3 is 4.74 Å². The second-order valence-electron chi connectivity index (χ2n) is 5.52. The summed E-state index contributed by atoms with van der Waals surface area (Å²) < 4.78 is 31.8. The summed E-state index contributed by atoms with van der Waals surface area (Å²) in [5.41, 5.74) is 1.17. The SMILES string of the molecule is CCCC(C)c1cc(NS(=O)(=O)c2ccc(C(=O)OC)cc2)n[nH]1. The number of carbonyl (C=O) groups excluding carboxylic acids is 1. The average molecular weight is 351 g/mol. The van der Waals surface area contributed by atoms with Crippen molar-refractivity contribution in [1.82, 2.24) is 10.2 Å². The first-order valence-electron chi connectivity index (χ1n) is 7.64. The van der Waals surface area contributed by atoms with E-state index in [4.69, 9.17) is 0 Å². The summed E-state index contributed by atoms with van der Waals surface area (Å²) >= 11 is 0. The summed E-state index contributed by atoms with van der Waals surface area (Å²) in [4.78, 5) is 11.4. The van der Waals surface area contributed by atoms with Gasteiger partial charge in [0, 0.05) is 11.8 Å². The van der Waals surface area contributed by atoms with Gasteiger partial charge in [-0.3, -0.25) is 9.82 Å². The minimum atomic E-state index is -3.77. The lowest BCUT2D eigenvalue weighted by Crippen LogP contribution is -2.13. The molecular weight excluding hydrogens is 330 g/mol. The largest absolute Gasteiger partial charge is 0.465 e. The van der Waals surface area contributed by atoms with Crippen molar-refractivity contribution in [2.45, 2.75) is 37.5 Å². The van der Waals surface area contributed by atoms with E-state index >= 15 is 0 Å². The van der Waals surface area contributed by atoms with Crippen LogP contribution in [0.3, 0.4) is 0 Å². The third-order valence-corrected chi connectivity index (χ3v) is 5.05. The van der Waals surface area contributed by atoms with Gasteiger partial charge in [-0.2, -0.15) is 5.10 Å². The van der Waals surface area contributed by atoms with E-state index in [1.807, 2.05) is 0 Å². The van der Waals surface area contributed by atoms with Crippen molar-refractivity contribution in [2.75, 3.05) is 11.8 Å². The predicted octanol–water partition coefficient (Wildman–Crippen LogP) is 2.90. The Balaban J connectivity index is 2.15. The average Bonchev–Trinajstić information content (AvgIpc) is 3.02. The molecule has 2 aromatic rings. The second-order valence-corrected chi connectivity index (χ2v) is 7.20. The molecule has 0 aliphatic carbocycles. The fraction of sp³-hybridized carbons (Fsp3) is 0.375. The number of nitrogens with one attached hydrogen (secondary N) is 2. The Morgan fingerprint density at radius 2 is 2.00 bits per heavy atom. The van der Waals surface area contributed by atoms with Crippen LogP contribution in [0.25, 0.3) is 0 Å². The lowest BCUT2D eigenvalue weighted by molar-refractivity contribution is 0.0600. The Morgan fingerprint density at radius 1 is 1.33 bits per heavy atom. The zero-order valence-electron chi connectivity index (χ0n) is 13.9. The summed E-state index contributed by atoms with van der Waals surface area (Å²) in [5.74, 6) is -0.00106. The normalized spacial score (nSPS) is 12.6. The molecule has 0 radical (unpaired) electrons. The molecule has 1 unspecified atom stereocenters. The van der Waals surface area contributed by atoms with Gasteiger partial charge in [0.05, 0.1) is 17.6 Å². The molecule has 0 amide bonds. The van der Waals surface area contributed by atoms with Crippen LogP contribution < -0.4 is 4.72 Å². The van der Waals surface area contributed by atoms with Crippen LogP contribution in [0, 0.1) is 0 Å². The van der Waals surface area contributed by atoms with Crippen LogP contribution in [-0.4, -0.2) is 31.7 Å². The number of anilines is 1. The highest BCUT2D eigenvalue weighted by Gasteiger charge is 2.18. The third kappa shape index (κ3) is 4.14. The van der Waals surface area contributed by atoms with Gasteiger partial charge in [0.2, 0.25) is 0 Å². The predicted molar refractivity (Wildman–Crippen MR) is 90.5 cm³/mol. The molecule has 0 aliphatic heterocycles. The topological polar surface area (TPSA) is 101 Å². The van der Waals surface area contributed by atoms with Crippen molar-refractivity contribution in [1.29, 1.82) is 0 Å². The van der Waals surface area contributed by atoms with Gasteiger partial charge in [-0.05, 0) is 36.6 Å². The number of aromatic nitrogens is 2. The minimum absolute atomic E-state index is 0.0429. The number of sulfonamides is 1. The molecule has 0 saturated heterocycles. The van der Waals surface area contributed by atoms with Crippen LogP contribution in [-0.2, 0) is 14.8 Å². The fourth-order valence-corrected chi connectivity index (χ4v) is 3.31. The maximum absolute atomic E-state index is 12.4. The number of hydrogen-bond donors (Lipinski definition) is 2. The quantitative estimate of drug-likeness (QED) is 0.747. The Hall–Kier alpha value is -2.35. The van der Waals surface area contributed by atoms with Crippen molar-refractivity contribution < 1.29 is 17.9 Å². The van der Waals surface area contributed by atoms with E-state index in [-0.39, 0.29) is 22.2 Å². The number of esters is 1. The van der Waals surface area contributed by atoms with Crippen molar-refractivity contribution >= 4 is 21.8 Å². The molecule has 0 bridgehead atoms. The number of methoxy groups -OCH3 is 1. The van der Waals surface area contributed by atoms with Crippen molar-refractivity contribution in [2.24, 2.45) is 0 Å². The van der Waals surface area contributed by atoms with E-state index in [9.17, 15) is 13.2 Å². The summed E-state index contributed by atoms with van der Waals surface area (Å²) in [7, 11) is -2.50. The molecule has 130 valence electrons. The summed E-state index contributed by atoms with van der Waals surface area (Å²) in [5, 5.41) is 6.86. The fourth-order valence-electron chi connectivity index (χ4n) is 2.31. The molecule has 7 nitrogen and oxygen atoms in total. The molecule has 24 heavy (non-hydrogen) atoms. The lowest BCUT2D eigenvalue weighted by atomic mass is 10.0. The van der Waals surface area contributed by atoms with E-state index in [0.29, 0.717) is 0 Å². The first kappa shape index (κ1) is 18.0. The van der Waals surface area contributed by atoms with E-state index in [1.165, 1.54) is 31.4 Å².